The molecule has 2 aliphatic rings. The molecule has 0 saturated heterocycles. The Labute approximate surface area is 229 Å². The van der Waals surface area contributed by atoms with Crippen molar-refractivity contribution in [2.24, 2.45) is 5.92 Å². The van der Waals surface area contributed by atoms with Gasteiger partial charge in [0, 0.05) is 60.9 Å². The van der Waals surface area contributed by atoms with Crippen molar-refractivity contribution in [1.82, 2.24) is 35.6 Å². The molecule has 3 aromatic rings. The molecule has 38 heavy (non-hydrogen) atoms. The first-order valence-electron chi connectivity index (χ1n) is 12.6. The molecule has 1 aromatic carbocycles. The highest BCUT2D eigenvalue weighted by molar-refractivity contribution is 7.13. The van der Waals surface area contributed by atoms with E-state index in [1.807, 2.05) is 0 Å². The predicted molar refractivity (Wildman–Crippen MR) is 145 cm³/mol. The van der Waals surface area contributed by atoms with Crippen LogP contribution in [-0.2, 0) is 17.8 Å². The molecule has 3 amide bonds. The van der Waals surface area contributed by atoms with Crippen LogP contribution in [0.5, 0.6) is 0 Å². The van der Waals surface area contributed by atoms with Gasteiger partial charge < -0.3 is 20.4 Å². The minimum Gasteiger partial charge on any atom is -0.349 e. The average molecular weight is 556 g/mol. The number of halogens is 1. The van der Waals surface area contributed by atoms with Crippen molar-refractivity contribution < 1.29 is 14.4 Å². The second-order valence-corrected chi connectivity index (χ2v) is 11.7. The minimum atomic E-state index is -0.440. The number of rotatable bonds is 5. The maximum Gasteiger partial charge on any atom is 0.280 e. The Morgan fingerprint density at radius 3 is 2.66 bits per heavy atom. The van der Waals surface area contributed by atoms with Crippen LogP contribution in [0.25, 0.3) is 10.9 Å². The molecule has 12 heteroatoms. The van der Waals surface area contributed by atoms with Crippen LogP contribution in [0.2, 0.25) is 5.02 Å². The van der Waals surface area contributed by atoms with E-state index in [-0.39, 0.29) is 35.4 Å². The lowest BCUT2D eigenvalue weighted by atomic mass is 9.81. The zero-order valence-electron chi connectivity index (χ0n) is 21.5. The summed E-state index contributed by atoms with van der Waals surface area (Å²) in [5.74, 6) is -0.895. The fourth-order valence-electron chi connectivity index (χ4n) is 5.11. The Balaban J connectivity index is 1.34. The monoisotopic (exact) mass is 555 g/mol. The Hall–Kier alpha value is -3.15. The van der Waals surface area contributed by atoms with Crippen LogP contribution in [0.1, 0.15) is 50.1 Å². The Morgan fingerprint density at radius 2 is 1.87 bits per heavy atom. The van der Waals surface area contributed by atoms with Gasteiger partial charge in [-0.1, -0.05) is 17.7 Å². The lowest BCUT2D eigenvalue weighted by Crippen LogP contribution is -2.56. The first kappa shape index (κ1) is 26.5. The van der Waals surface area contributed by atoms with Gasteiger partial charge >= 0.3 is 0 Å². The summed E-state index contributed by atoms with van der Waals surface area (Å²) in [6.45, 7) is 1.69. The van der Waals surface area contributed by atoms with E-state index in [9.17, 15) is 14.4 Å². The minimum absolute atomic E-state index is 0.0147. The molecule has 3 atom stereocenters. The van der Waals surface area contributed by atoms with Crippen LogP contribution < -0.4 is 10.6 Å². The number of thiazole rings is 1. The van der Waals surface area contributed by atoms with Crippen molar-refractivity contribution in [2.45, 2.75) is 44.3 Å². The van der Waals surface area contributed by atoms with E-state index in [2.05, 4.69) is 37.8 Å². The smallest absolute Gasteiger partial charge is 0.280 e. The third kappa shape index (κ3) is 5.64. The molecule has 1 fully saturated rings. The van der Waals surface area contributed by atoms with Gasteiger partial charge in [-0.2, -0.15) is 0 Å². The van der Waals surface area contributed by atoms with Crippen molar-refractivity contribution in [3.05, 3.63) is 50.6 Å². The van der Waals surface area contributed by atoms with Gasteiger partial charge in [0.1, 0.15) is 0 Å². The van der Waals surface area contributed by atoms with Crippen LogP contribution in [-0.4, -0.2) is 82.5 Å². The molecule has 10 nitrogen and oxygen atoms in total. The molecule has 0 spiro atoms. The summed E-state index contributed by atoms with van der Waals surface area (Å²) in [4.78, 5) is 48.7. The Morgan fingerprint density at radius 1 is 1.08 bits per heavy atom. The second kappa shape index (κ2) is 10.9. The number of likely N-dealkylation sites (N-methyl/N-ethyl adjacent to an activating group) is 1. The average Bonchev–Trinajstić information content (AvgIpc) is 3.32. The molecular weight excluding hydrogens is 526 g/mol. The molecule has 5 rings (SSSR count). The van der Waals surface area contributed by atoms with E-state index in [0.29, 0.717) is 34.8 Å². The molecule has 2 aromatic heterocycles. The van der Waals surface area contributed by atoms with Crippen LogP contribution in [0.4, 0.5) is 0 Å². The highest BCUT2D eigenvalue weighted by Crippen LogP contribution is 2.29. The molecule has 0 unspecified atom stereocenters. The fourth-order valence-corrected chi connectivity index (χ4v) is 6.36. The van der Waals surface area contributed by atoms with Crippen molar-refractivity contribution in [2.75, 3.05) is 27.7 Å². The fraction of sp³-hybridized carbons (Fsp3) is 0.462. The standard InChI is InChI=1S/C26H30ClN7O3S/c1-33(2)26(37)15-5-7-17(28-23(35)21-10-14-4-6-16(27)12-19(14)31-32-21)20(11-15)29-24(36)25-30-18-8-9-34(3)13-22(18)38-25/h4,6,10,12,15,17,20H,5,7-9,11,13H2,1-3H3,(H,28,35)(H,29,36)/t15-,17-,20+/m0/s1. The number of hydrogen-bond donors (Lipinski definition) is 2. The third-order valence-corrected chi connectivity index (χ3v) is 8.49. The molecule has 1 saturated carbocycles. The van der Waals surface area contributed by atoms with Gasteiger partial charge in [-0.3, -0.25) is 14.4 Å². The number of fused-ring (bicyclic) bond motifs is 2. The predicted octanol–water partition coefficient (Wildman–Crippen LogP) is 2.51. The highest BCUT2D eigenvalue weighted by atomic mass is 35.5. The zero-order chi connectivity index (χ0) is 27.0. The zero-order valence-corrected chi connectivity index (χ0v) is 23.1. The number of nitrogens with zero attached hydrogens (tertiary/aromatic N) is 5. The number of hydrogen-bond acceptors (Lipinski definition) is 8. The largest absolute Gasteiger partial charge is 0.349 e. The summed E-state index contributed by atoms with van der Waals surface area (Å²) in [6, 6.07) is 6.06. The van der Waals surface area contributed by atoms with Crippen LogP contribution in [0, 0.1) is 5.92 Å². The number of nitrogens with one attached hydrogen (secondary N) is 2. The molecular formula is C26H30ClN7O3S. The maximum atomic E-state index is 13.3. The van der Waals surface area contributed by atoms with Gasteiger partial charge in [0.05, 0.1) is 17.3 Å². The van der Waals surface area contributed by atoms with Crippen LogP contribution >= 0.6 is 22.9 Å². The third-order valence-electron chi connectivity index (χ3n) is 7.17. The van der Waals surface area contributed by atoms with Gasteiger partial charge in [-0.05, 0) is 44.5 Å². The SMILES string of the molecule is CN1CCc2nc(C(=O)N[C@@H]3C[C@@H](C(=O)N(C)C)CC[C@@H]3NC(=O)c3cc4ccc(Cl)cc4nn3)sc2C1. The van der Waals surface area contributed by atoms with Gasteiger partial charge in [-0.15, -0.1) is 21.5 Å². The van der Waals surface area contributed by atoms with Crippen molar-refractivity contribution in [1.29, 1.82) is 0 Å². The number of benzene rings is 1. The van der Waals surface area contributed by atoms with E-state index in [1.54, 1.807) is 43.3 Å². The van der Waals surface area contributed by atoms with E-state index >= 15 is 0 Å². The first-order chi connectivity index (χ1) is 18.2. The molecule has 3 heterocycles. The van der Waals surface area contributed by atoms with E-state index < -0.39 is 6.04 Å². The van der Waals surface area contributed by atoms with Crippen LogP contribution in [0.15, 0.2) is 24.3 Å². The van der Waals surface area contributed by atoms with Crippen molar-refractivity contribution in [3.8, 4) is 0 Å². The molecule has 200 valence electrons. The van der Waals surface area contributed by atoms with Crippen LogP contribution in [0.3, 0.4) is 0 Å². The lowest BCUT2D eigenvalue weighted by molar-refractivity contribution is -0.134. The lowest BCUT2D eigenvalue weighted by Gasteiger charge is -2.37. The summed E-state index contributed by atoms with van der Waals surface area (Å²) in [5.41, 5.74) is 1.75. The Bertz CT molecular complexity index is 1390. The molecule has 0 radical (unpaired) electrons. The van der Waals surface area contributed by atoms with Gasteiger partial charge in [0.2, 0.25) is 5.91 Å². The van der Waals surface area contributed by atoms with Gasteiger partial charge in [0.25, 0.3) is 11.8 Å². The van der Waals surface area contributed by atoms with E-state index in [4.69, 9.17) is 11.6 Å². The molecule has 1 aliphatic heterocycles. The molecule has 1 aliphatic carbocycles. The van der Waals surface area contributed by atoms with E-state index in [1.165, 1.54) is 11.3 Å². The van der Waals surface area contributed by atoms with Gasteiger partial charge in [0.15, 0.2) is 10.7 Å². The summed E-state index contributed by atoms with van der Waals surface area (Å²) in [6.07, 6.45) is 2.38. The first-order valence-corrected chi connectivity index (χ1v) is 13.8. The van der Waals surface area contributed by atoms with E-state index in [0.717, 1.165) is 35.5 Å². The number of amides is 3. The number of aromatic nitrogens is 3. The molecule has 0 bridgehead atoms. The van der Waals surface area contributed by atoms with Crippen molar-refractivity contribution >= 4 is 51.6 Å². The second-order valence-electron chi connectivity index (χ2n) is 10.2. The summed E-state index contributed by atoms with van der Waals surface area (Å²) in [5, 5.41) is 16.0. The number of carbonyl (C=O) groups is 3. The topological polar surface area (TPSA) is 120 Å². The van der Waals surface area contributed by atoms with Gasteiger partial charge in [-0.25, -0.2) is 4.98 Å². The summed E-state index contributed by atoms with van der Waals surface area (Å²) >= 11 is 7.43. The maximum absolute atomic E-state index is 13.3. The number of carbonyl (C=O) groups excluding carboxylic acids is 3. The normalized spacial score (nSPS) is 21.5. The summed E-state index contributed by atoms with van der Waals surface area (Å²) < 4.78 is 0. The quantitative estimate of drug-likeness (QED) is 0.496. The summed E-state index contributed by atoms with van der Waals surface area (Å²) in [7, 11) is 5.51. The van der Waals surface area contributed by atoms with Crippen molar-refractivity contribution in [3.63, 3.8) is 0 Å². The Kier molecular flexibility index (Phi) is 7.60. The highest BCUT2D eigenvalue weighted by Gasteiger charge is 2.37. The molecule has 2 N–H and O–H groups in total.